The minimum absolute atomic E-state index is 0.0894. The normalized spacial score (nSPS) is 16.5. The fourth-order valence-electron chi connectivity index (χ4n) is 4.36. The van der Waals surface area contributed by atoms with E-state index in [9.17, 15) is 13.5 Å². The van der Waals surface area contributed by atoms with Crippen molar-refractivity contribution >= 4 is 31.9 Å². The summed E-state index contributed by atoms with van der Waals surface area (Å²) in [5, 5.41) is 22.2. The third-order valence-corrected chi connectivity index (χ3v) is 8.00. The molecule has 9 nitrogen and oxygen atoms in total. The third-order valence-electron chi connectivity index (χ3n) is 6.17. The van der Waals surface area contributed by atoms with Crippen LogP contribution in [-0.4, -0.2) is 51.8 Å². The number of rotatable bonds is 4. The van der Waals surface area contributed by atoms with E-state index in [-0.39, 0.29) is 16.3 Å². The number of hydrogen-bond acceptors (Lipinski definition) is 7. The highest BCUT2D eigenvalue weighted by atomic mass is 32.2. The van der Waals surface area contributed by atoms with Crippen molar-refractivity contribution in [2.75, 3.05) is 18.1 Å². The van der Waals surface area contributed by atoms with Crippen molar-refractivity contribution in [1.29, 1.82) is 5.26 Å². The van der Waals surface area contributed by atoms with Gasteiger partial charge in [0.1, 0.15) is 23.0 Å². The second-order valence-electron chi connectivity index (χ2n) is 8.23. The summed E-state index contributed by atoms with van der Waals surface area (Å²) in [5.74, 6) is 0. The number of imidazole rings is 1. The average molecular weight is 451 g/mol. The summed E-state index contributed by atoms with van der Waals surface area (Å²) >= 11 is 0. The number of H-pyrrole nitrogens is 1. The van der Waals surface area contributed by atoms with E-state index in [4.69, 9.17) is 5.26 Å². The minimum Gasteiger partial charge on any atom is -0.389 e. The van der Waals surface area contributed by atoms with Crippen molar-refractivity contribution in [3.63, 3.8) is 0 Å². The van der Waals surface area contributed by atoms with Gasteiger partial charge in [-0.3, -0.25) is 0 Å². The molecule has 0 unspecified atom stereocenters. The lowest BCUT2D eigenvalue weighted by molar-refractivity contribution is 0.0166. The number of pyridine rings is 1. The summed E-state index contributed by atoms with van der Waals surface area (Å²) in [6, 6.07) is 10.7. The molecule has 32 heavy (non-hydrogen) atoms. The first-order valence-electron chi connectivity index (χ1n) is 10.3. The molecule has 4 aromatic rings. The number of fused-ring (bicyclic) bond motifs is 3. The zero-order valence-corrected chi connectivity index (χ0v) is 18.3. The molecule has 1 aromatic carbocycles. The minimum atomic E-state index is -3.91. The van der Waals surface area contributed by atoms with Crippen molar-refractivity contribution in [2.24, 2.45) is 0 Å². The Morgan fingerprint density at radius 3 is 2.72 bits per heavy atom. The van der Waals surface area contributed by atoms with Gasteiger partial charge in [0.25, 0.3) is 0 Å². The van der Waals surface area contributed by atoms with Crippen LogP contribution in [0.25, 0.3) is 22.1 Å². The number of nitriles is 1. The first-order chi connectivity index (χ1) is 15.3. The van der Waals surface area contributed by atoms with Gasteiger partial charge in [0.05, 0.1) is 23.0 Å². The van der Waals surface area contributed by atoms with Crippen molar-refractivity contribution in [2.45, 2.75) is 41.7 Å². The molecular formula is C22H22N6O3S. The van der Waals surface area contributed by atoms with Crippen LogP contribution in [-0.2, 0) is 9.84 Å². The molecule has 5 rings (SSSR count). The van der Waals surface area contributed by atoms with E-state index in [0.717, 1.165) is 5.39 Å². The molecule has 2 N–H and O–H groups in total. The summed E-state index contributed by atoms with van der Waals surface area (Å²) in [6.07, 6.45) is 4.30. The lowest BCUT2D eigenvalue weighted by Crippen LogP contribution is -2.48. The summed E-state index contributed by atoms with van der Waals surface area (Å²) in [4.78, 5) is 12.1. The van der Waals surface area contributed by atoms with Gasteiger partial charge in [-0.25, -0.2) is 23.1 Å². The molecular weight excluding hydrogens is 428 g/mol. The maximum atomic E-state index is 13.6. The van der Waals surface area contributed by atoms with E-state index in [1.165, 1.54) is 0 Å². The Morgan fingerprint density at radius 1 is 1.25 bits per heavy atom. The van der Waals surface area contributed by atoms with Crippen LogP contribution in [0.2, 0.25) is 0 Å². The highest BCUT2D eigenvalue weighted by Gasteiger charge is 2.34. The number of sulfone groups is 1. The number of aliphatic hydroxyl groups is 1. The Hall–Kier alpha value is -3.42. The second kappa shape index (κ2) is 7.32. The maximum absolute atomic E-state index is 13.6. The van der Waals surface area contributed by atoms with Crippen LogP contribution < -0.4 is 5.01 Å². The lowest BCUT2D eigenvalue weighted by Gasteiger charge is -2.38. The molecule has 1 saturated heterocycles. The van der Waals surface area contributed by atoms with E-state index < -0.39 is 15.4 Å². The molecule has 0 amide bonds. The van der Waals surface area contributed by atoms with Gasteiger partial charge in [-0.15, -0.1) is 0 Å². The summed E-state index contributed by atoms with van der Waals surface area (Å²) in [5.41, 5.74) is 1.06. The quantitative estimate of drug-likeness (QED) is 0.489. The van der Waals surface area contributed by atoms with Crippen LogP contribution in [0, 0.1) is 18.3 Å². The summed E-state index contributed by atoms with van der Waals surface area (Å²) in [6.45, 7) is 2.78. The van der Waals surface area contributed by atoms with Crippen LogP contribution in [0.1, 0.15) is 24.8 Å². The highest BCUT2D eigenvalue weighted by Crippen LogP contribution is 2.33. The molecule has 1 aliphatic rings. The van der Waals surface area contributed by atoms with Crippen molar-refractivity contribution < 1.29 is 13.5 Å². The van der Waals surface area contributed by atoms with E-state index in [0.29, 0.717) is 48.2 Å². The zero-order valence-electron chi connectivity index (χ0n) is 17.5. The predicted octanol–water partition coefficient (Wildman–Crippen LogP) is 2.43. The van der Waals surface area contributed by atoms with Gasteiger partial charge in [-0.05, 0) is 37.5 Å². The number of piperidine rings is 1. The zero-order chi connectivity index (χ0) is 22.5. The third kappa shape index (κ3) is 3.13. The van der Waals surface area contributed by atoms with Crippen LogP contribution in [0.4, 0.5) is 0 Å². The van der Waals surface area contributed by atoms with Crippen LogP contribution in [0.15, 0.2) is 52.8 Å². The van der Waals surface area contributed by atoms with Gasteiger partial charge in [0, 0.05) is 24.7 Å². The van der Waals surface area contributed by atoms with E-state index in [2.05, 4.69) is 21.0 Å². The molecule has 0 aliphatic carbocycles. The number of nitrogens with one attached hydrogen (secondary N) is 1. The smallest absolute Gasteiger partial charge is 0.226 e. The average Bonchev–Trinajstić information content (AvgIpc) is 3.40. The Balaban J connectivity index is 1.66. The van der Waals surface area contributed by atoms with Crippen LogP contribution >= 0.6 is 0 Å². The maximum Gasteiger partial charge on any atom is 0.226 e. The van der Waals surface area contributed by atoms with Gasteiger partial charge < -0.3 is 15.1 Å². The molecule has 0 bridgehead atoms. The first kappa shape index (κ1) is 20.5. The van der Waals surface area contributed by atoms with Gasteiger partial charge >= 0.3 is 0 Å². The second-order valence-corrected chi connectivity index (χ2v) is 10.1. The number of benzene rings is 1. The van der Waals surface area contributed by atoms with Crippen LogP contribution in [0.3, 0.4) is 0 Å². The molecule has 0 radical (unpaired) electrons. The highest BCUT2D eigenvalue weighted by molar-refractivity contribution is 7.91. The topological polar surface area (TPSA) is 128 Å². The summed E-state index contributed by atoms with van der Waals surface area (Å²) < 4.78 is 29.0. The van der Waals surface area contributed by atoms with Gasteiger partial charge in [0.15, 0.2) is 5.03 Å². The molecule has 1 aliphatic heterocycles. The Bertz CT molecular complexity index is 1470. The van der Waals surface area contributed by atoms with Crippen molar-refractivity contribution in [3.8, 4) is 6.07 Å². The first-order valence-corrected chi connectivity index (χ1v) is 11.8. The lowest BCUT2D eigenvalue weighted by atomic mass is 9.89. The van der Waals surface area contributed by atoms with Crippen molar-refractivity contribution in [1.82, 2.24) is 19.6 Å². The number of aromatic amines is 1. The van der Waals surface area contributed by atoms with Gasteiger partial charge in [0.2, 0.25) is 9.84 Å². The Morgan fingerprint density at radius 2 is 2.00 bits per heavy atom. The molecule has 0 spiro atoms. The largest absolute Gasteiger partial charge is 0.389 e. The molecule has 3 aromatic heterocycles. The van der Waals surface area contributed by atoms with E-state index >= 15 is 0 Å². The standard InChI is InChI=1S/C22H22N6O3S/c1-15-4-2-3-5-17(15)32(30,31)21-18-19(16-6-11-24-20(16)26-21)28(14-25-18)27-12-8-22(29,7-10-23)9-13-27/h2-6,11,14,29H,7-9,12-13H2,1H3,(H,24,26). The number of hydrogen-bond donors (Lipinski definition) is 2. The molecule has 4 heterocycles. The SMILES string of the molecule is Cc1ccccc1S(=O)(=O)c1nc2[nH]ccc2c2c1ncn2N1CCC(O)(CC#N)CC1. The molecule has 0 saturated carbocycles. The van der Waals surface area contributed by atoms with Gasteiger partial charge in [-0.2, -0.15) is 5.26 Å². The Kier molecular flexibility index (Phi) is 4.69. The number of aromatic nitrogens is 4. The number of aryl methyl sites for hydroxylation is 1. The fraction of sp³-hybridized carbons (Fsp3) is 0.318. The van der Waals surface area contributed by atoms with E-state index in [1.807, 2.05) is 15.8 Å². The molecule has 0 atom stereocenters. The Labute approximate surface area is 184 Å². The number of nitrogens with zero attached hydrogens (tertiary/aromatic N) is 5. The van der Waals surface area contributed by atoms with E-state index in [1.54, 1.807) is 43.7 Å². The monoisotopic (exact) mass is 450 g/mol. The molecule has 10 heteroatoms. The predicted molar refractivity (Wildman–Crippen MR) is 118 cm³/mol. The molecule has 164 valence electrons. The summed E-state index contributed by atoms with van der Waals surface area (Å²) in [7, 11) is -3.91. The van der Waals surface area contributed by atoms with Crippen molar-refractivity contribution in [3.05, 3.63) is 48.4 Å². The molecule has 1 fully saturated rings. The van der Waals surface area contributed by atoms with Crippen LogP contribution in [0.5, 0.6) is 0 Å². The fourth-order valence-corrected chi connectivity index (χ4v) is 5.93. The van der Waals surface area contributed by atoms with Gasteiger partial charge in [-0.1, -0.05) is 18.2 Å².